The predicted molar refractivity (Wildman–Crippen MR) is 140 cm³/mol. The minimum Gasteiger partial charge on any atom is -0.348 e. The summed E-state index contributed by atoms with van der Waals surface area (Å²) in [6.07, 6.45) is -2.36. The van der Waals surface area contributed by atoms with Crippen molar-refractivity contribution in [3.63, 3.8) is 0 Å². The number of pyridine rings is 1. The molecule has 1 amide bonds. The second-order valence-corrected chi connectivity index (χ2v) is 11.6. The molecule has 1 aliphatic rings. The molecule has 1 N–H and O–H groups in total. The second kappa shape index (κ2) is 10.8. The molecule has 1 saturated heterocycles. The number of aromatic nitrogens is 2. The first-order chi connectivity index (χ1) is 18.6. The van der Waals surface area contributed by atoms with Gasteiger partial charge in [-0.15, -0.1) is 0 Å². The number of hydrogen-bond donors (Lipinski definition) is 1. The van der Waals surface area contributed by atoms with Crippen LogP contribution in [0.25, 0.3) is 5.52 Å². The minimum atomic E-state index is -4.82. The molecule has 7 nitrogen and oxygen atoms in total. The van der Waals surface area contributed by atoms with Crippen molar-refractivity contribution in [2.24, 2.45) is 0 Å². The molecule has 204 valence electrons. The lowest BCUT2D eigenvalue weighted by Gasteiger charge is -2.31. The third-order valence-electron chi connectivity index (χ3n) is 6.96. The van der Waals surface area contributed by atoms with Gasteiger partial charge in [0.05, 0.1) is 16.8 Å². The number of halogens is 3. The number of amides is 1. The summed E-state index contributed by atoms with van der Waals surface area (Å²) in [7, 11) is -3.50. The van der Waals surface area contributed by atoms with Gasteiger partial charge >= 0.3 is 6.18 Å². The van der Waals surface area contributed by atoms with E-state index in [4.69, 9.17) is 0 Å². The van der Waals surface area contributed by atoms with Crippen LogP contribution in [0.2, 0.25) is 0 Å². The van der Waals surface area contributed by atoms with E-state index in [1.807, 2.05) is 12.1 Å². The number of sulfonamides is 1. The van der Waals surface area contributed by atoms with E-state index < -0.39 is 33.4 Å². The number of hydrogen-bond acceptors (Lipinski definition) is 4. The molecule has 2 aromatic carbocycles. The molecule has 11 heteroatoms. The fourth-order valence-electron chi connectivity index (χ4n) is 4.95. The van der Waals surface area contributed by atoms with E-state index in [0.717, 1.165) is 15.6 Å². The molecule has 1 aliphatic heterocycles. The van der Waals surface area contributed by atoms with Gasteiger partial charge in [0, 0.05) is 25.8 Å². The summed E-state index contributed by atoms with van der Waals surface area (Å²) < 4.78 is 70.0. The van der Waals surface area contributed by atoms with Crippen molar-refractivity contribution >= 4 is 21.4 Å². The lowest BCUT2D eigenvalue weighted by molar-refractivity contribution is -0.141. The predicted octanol–water partition coefficient (Wildman–Crippen LogP) is 4.99. The number of piperidine rings is 1. The molecule has 3 heterocycles. The average Bonchev–Trinajstić information content (AvgIpc) is 3.32. The molecule has 5 rings (SSSR count). The van der Waals surface area contributed by atoms with Gasteiger partial charge in [-0.2, -0.15) is 18.3 Å². The van der Waals surface area contributed by atoms with Crippen LogP contribution in [0.15, 0.2) is 79.0 Å². The lowest BCUT2D eigenvalue weighted by Crippen LogP contribution is -2.38. The quantitative estimate of drug-likeness (QED) is 0.348. The lowest BCUT2D eigenvalue weighted by atomic mass is 9.90. The Morgan fingerprint density at radius 3 is 2.18 bits per heavy atom. The molecular formula is C28H27F3N4O3S. The third kappa shape index (κ3) is 5.99. The summed E-state index contributed by atoms with van der Waals surface area (Å²) in [5.41, 5.74) is 0.503. The molecule has 0 saturated carbocycles. The van der Waals surface area contributed by atoms with E-state index >= 15 is 0 Å². The van der Waals surface area contributed by atoms with Crippen molar-refractivity contribution in [3.05, 3.63) is 107 Å². The Morgan fingerprint density at radius 1 is 0.949 bits per heavy atom. The Bertz CT molecular complexity index is 1560. The average molecular weight is 557 g/mol. The van der Waals surface area contributed by atoms with Crippen molar-refractivity contribution in [1.82, 2.24) is 19.2 Å². The highest BCUT2D eigenvalue weighted by Gasteiger charge is 2.40. The van der Waals surface area contributed by atoms with Gasteiger partial charge in [0.25, 0.3) is 5.91 Å². The zero-order valence-corrected chi connectivity index (χ0v) is 21.8. The molecule has 0 aliphatic carbocycles. The van der Waals surface area contributed by atoms with Crippen molar-refractivity contribution in [1.29, 1.82) is 0 Å². The molecule has 2 aromatic heterocycles. The van der Waals surface area contributed by atoms with E-state index in [2.05, 4.69) is 10.4 Å². The highest BCUT2D eigenvalue weighted by Crippen LogP contribution is 2.35. The smallest absolute Gasteiger partial charge is 0.348 e. The standard InChI is InChI=1S/C28H27F3N4O3S/c29-28(30,31)26-25(27(36)32-18-20-7-3-1-4-8-20)24-17-23(13-16-35(24)33-26)22-11-14-34(15-12-22)39(37,38)19-21-9-5-2-6-10-21/h1-10,13,16-17,22H,11-12,14-15,18-19H2,(H,32,36). The highest BCUT2D eigenvalue weighted by molar-refractivity contribution is 7.88. The van der Waals surface area contributed by atoms with E-state index in [9.17, 15) is 26.4 Å². The molecule has 0 spiro atoms. The molecule has 0 bridgehead atoms. The van der Waals surface area contributed by atoms with Gasteiger partial charge in [-0.1, -0.05) is 60.7 Å². The van der Waals surface area contributed by atoms with Gasteiger partial charge in [0.2, 0.25) is 10.0 Å². The fourth-order valence-corrected chi connectivity index (χ4v) is 6.51. The number of carbonyl (C=O) groups excluding carboxylic acids is 1. The first kappa shape index (κ1) is 26.9. The summed E-state index contributed by atoms with van der Waals surface area (Å²) in [5.74, 6) is -1.01. The van der Waals surface area contributed by atoms with Crippen LogP contribution in [0.4, 0.5) is 13.2 Å². The van der Waals surface area contributed by atoms with Crippen LogP contribution >= 0.6 is 0 Å². The summed E-state index contributed by atoms with van der Waals surface area (Å²) in [6, 6.07) is 21.1. The fraction of sp³-hybridized carbons (Fsp3) is 0.286. The van der Waals surface area contributed by atoms with Crippen LogP contribution in [0.3, 0.4) is 0 Å². The molecule has 0 unspecified atom stereocenters. The maximum atomic E-state index is 13.9. The van der Waals surface area contributed by atoms with Gasteiger partial charge in [-0.05, 0) is 47.6 Å². The molecular weight excluding hydrogens is 529 g/mol. The van der Waals surface area contributed by atoms with Crippen molar-refractivity contribution < 1.29 is 26.4 Å². The molecule has 1 fully saturated rings. The Hall–Kier alpha value is -3.70. The topological polar surface area (TPSA) is 83.8 Å². The number of benzene rings is 2. The van der Waals surface area contributed by atoms with Gasteiger partial charge in [-0.3, -0.25) is 4.79 Å². The Balaban J connectivity index is 1.36. The number of carbonyl (C=O) groups is 1. The van der Waals surface area contributed by atoms with Crippen LogP contribution in [-0.4, -0.2) is 41.3 Å². The van der Waals surface area contributed by atoms with Crippen molar-refractivity contribution in [2.45, 2.75) is 37.2 Å². The van der Waals surface area contributed by atoms with Crippen LogP contribution in [0.1, 0.15) is 51.5 Å². The van der Waals surface area contributed by atoms with E-state index in [1.165, 1.54) is 10.5 Å². The number of rotatable bonds is 7. The largest absolute Gasteiger partial charge is 0.436 e. The van der Waals surface area contributed by atoms with Crippen LogP contribution in [-0.2, 0) is 28.5 Å². The number of nitrogens with zero attached hydrogens (tertiary/aromatic N) is 3. The molecule has 4 aromatic rings. The summed E-state index contributed by atoms with van der Waals surface area (Å²) in [6.45, 7) is 0.689. The Kier molecular flexibility index (Phi) is 7.46. The Labute approximate surface area is 224 Å². The zero-order valence-electron chi connectivity index (χ0n) is 20.9. The van der Waals surface area contributed by atoms with Crippen LogP contribution < -0.4 is 5.32 Å². The second-order valence-electron chi connectivity index (χ2n) is 9.59. The van der Waals surface area contributed by atoms with Crippen LogP contribution in [0.5, 0.6) is 0 Å². The van der Waals surface area contributed by atoms with Crippen molar-refractivity contribution in [3.8, 4) is 0 Å². The van der Waals surface area contributed by atoms with E-state index in [1.54, 1.807) is 60.7 Å². The van der Waals surface area contributed by atoms with Gasteiger partial charge in [-0.25, -0.2) is 17.2 Å². The first-order valence-corrected chi connectivity index (χ1v) is 14.2. The summed E-state index contributed by atoms with van der Waals surface area (Å²) >= 11 is 0. The molecule has 0 radical (unpaired) electrons. The Morgan fingerprint density at radius 2 is 1.56 bits per heavy atom. The van der Waals surface area contributed by atoms with Gasteiger partial charge in [0.1, 0.15) is 0 Å². The minimum absolute atomic E-state index is 0.0597. The number of alkyl halides is 3. The van der Waals surface area contributed by atoms with Gasteiger partial charge in [0.15, 0.2) is 5.69 Å². The maximum absolute atomic E-state index is 13.9. The van der Waals surface area contributed by atoms with E-state index in [0.29, 0.717) is 31.5 Å². The first-order valence-electron chi connectivity index (χ1n) is 12.6. The number of fused-ring (bicyclic) bond motifs is 1. The van der Waals surface area contributed by atoms with E-state index in [-0.39, 0.29) is 23.7 Å². The summed E-state index contributed by atoms with van der Waals surface area (Å²) in [4.78, 5) is 13.0. The highest BCUT2D eigenvalue weighted by atomic mass is 32.2. The monoisotopic (exact) mass is 556 g/mol. The maximum Gasteiger partial charge on any atom is 0.436 e. The summed E-state index contributed by atoms with van der Waals surface area (Å²) in [5, 5.41) is 6.26. The zero-order chi connectivity index (χ0) is 27.6. The third-order valence-corrected chi connectivity index (χ3v) is 8.81. The normalized spacial score (nSPS) is 15.5. The SMILES string of the molecule is O=C(NCc1ccccc1)c1c(C(F)(F)F)nn2ccc(C3CCN(S(=O)(=O)Cc4ccccc4)CC3)cc12. The van der Waals surface area contributed by atoms with Crippen molar-refractivity contribution in [2.75, 3.05) is 13.1 Å². The van der Waals surface area contributed by atoms with Gasteiger partial charge < -0.3 is 5.32 Å². The van der Waals surface area contributed by atoms with Crippen LogP contribution in [0, 0.1) is 0 Å². The molecule has 0 atom stereocenters. The molecule has 39 heavy (non-hydrogen) atoms. The number of nitrogens with one attached hydrogen (secondary N) is 1.